The molecule has 3 aliphatic heterocycles. The third-order valence-corrected chi connectivity index (χ3v) is 2.95. The van der Waals surface area contributed by atoms with Gasteiger partial charge in [0.25, 0.3) is 0 Å². The first-order valence-corrected chi connectivity index (χ1v) is 8.75. The molecule has 3 rings (SSSR count). The van der Waals surface area contributed by atoms with Crippen LogP contribution in [0.1, 0.15) is 0 Å². The maximum Gasteiger partial charge on any atom is 1.00 e. The van der Waals surface area contributed by atoms with E-state index in [2.05, 4.69) is 31.9 Å². The van der Waals surface area contributed by atoms with E-state index in [-0.39, 0.29) is 88.7 Å². The molecule has 0 atom stereocenters. The Bertz CT molecular complexity index is 610. The fourth-order valence-electron chi connectivity index (χ4n) is 0.957. The number of nitrogens with zero attached hydrogens (tertiary/aromatic N) is 6. The van der Waals surface area contributed by atoms with Crippen molar-refractivity contribution in [3.05, 3.63) is 50.3 Å². The number of halogens is 6. The van der Waals surface area contributed by atoms with Crippen LogP contribution in [-0.2, 0) is 0 Å². The molecular weight excluding hydrogens is 575 g/mol. The summed E-state index contributed by atoms with van der Waals surface area (Å²) in [5.74, 6) is 0. The van der Waals surface area contributed by atoms with Crippen molar-refractivity contribution in [2.45, 2.75) is 0 Å². The summed E-state index contributed by atoms with van der Waals surface area (Å²) in [6.07, 6.45) is 4.57. The van der Waals surface area contributed by atoms with Gasteiger partial charge in [0.1, 0.15) is 15.5 Å². The molecular formula is C9H9BCl6N9Na3O3. The molecule has 0 aromatic carbocycles. The fourth-order valence-corrected chi connectivity index (χ4v) is 2.05. The van der Waals surface area contributed by atoms with E-state index < -0.39 is 7.32 Å². The van der Waals surface area contributed by atoms with Gasteiger partial charge in [0, 0.05) is 18.2 Å². The van der Waals surface area contributed by atoms with E-state index in [0.29, 0.717) is 31.0 Å². The summed E-state index contributed by atoms with van der Waals surface area (Å²) < 4.78 is 0. The van der Waals surface area contributed by atoms with Crippen LogP contribution in [0.5, 0.6) is 0 Å². The van der Waals surface area contributed by atoms with Gasteiger partial charge in [0.15, 0.2) is 15.5 Å². The van der Waals surface area contributed by atoms with Gasteiger partial charge in [-0.15, -0.1) is 0 Å². The normalized spacial score (nSPS) is 15.4. The maximum atomic E-state index is 8.42. The molecule has 0 fully saturated rings. The zero-order valence-corrected chi connectivity index (χ0v) is 26.8. The predicted octanol–water partition coefficient (Wildman–Crippen LogP) is -11.5. The number of hydrogen-bond acceptors (Lipinski definition) is 6. The van der Waals surface area contributed by atoms with Gasteiger partial charge in [-0.3, -0.25) is 7.32 Å². The van der Waals surface area contributed by atoms with Gasteiger partial charge in [-0.05, 0) is 34.8 Å². The minimum absolute atomic E-state index is 0. The van der Waals surface area contributed by atoms with Crippen molar-refractivity contribution in [2.75, 3.05) is 0 Å². The minimum Gasteiger partial charge on any atom is -0.907 e. The van der Waals surface area contributed by atoms with Crippen LogP contribution in [0.3, 0.4) is 0 Å². The van der Waals surface area contributed by atoms with Crippen molar-refractivity contribution in [1.29, 1.82) is 0 Å². The molecule has 3 heterocycles. The first kappa shape index (κ1) is 40.4. The monoisotopic (exact) mass is 581 g/mol. The second-order valence-corrected chi connectivity index (χ2v) is 6.35. The van der Waals surface area contributed by atoms with E-state index >= 15 is 0 Å². The van der Waals surface area contributed by atoms with Crippen molar-refractivity contribution < 1.29 is 120 Å². The van der Waals surface area contributed by atoms with Gasteiger partial charge in [0.2, 0.25) is 0 Å². The van der Waals surface area contributed by atoms with E-state index in [1.807, 2.05) is 0 Å². The summed E-state index contributed by atoms with van der Waals surface area (Å²) in [5, 5.41) is 38.1. The van der Waals surface area contributed by atoms with Gasteiger partial charge in [-0.2, -0.15) is 0 Å². The summed E-state index contributed by atoms with van der Waals surface area (Å²) in [6, 6.07) is 0. The van der Waals surface area contributed by atoms with Crippen LogP contribution in [0.2, 0.25) is 0 Å². The van der Waals surface area contributed by atoms with Crippen molar-refractivity contribution in [3.63, 3.8) is 0 Å². The van der Waals surface area contributed by atoms with Crippen molar-refractivity contribution in [1.82, 2.24) is 0 Å². The van der Waals surface area contributed by atoms with Crippen molar-refractivity contribution >= 4 is 92.4 Å². The Morgan fingerprint density at radius 3 is 0.871 bits per heavy atom. The molecule has 0 aliphatic carbocycles. The SMILES string of the molecule is ClC1=CC(Cl)=N[N-][NH2+]1.ClC1=CC(Cl)=N[N-][NH2+]1.ClC1=CC(Cl)=N[N-][NH2+]1.[Na+].[Na+].[Na+].[O-]B([O-])[O-]. The first-order chi connectivity index (χ1) is 13.1. The van der Waals surface area contributed by atoms with Gasteiger partial charge in [-0.1, -0.05) is 34.8 Å². The fraction of sp³-hybridized carbons (Fsp3) is 0. The number of allylic oxidation sites excluding steroid dienone is 3. The molecule has 156 valence electrons. The molecule has 0 saturated carbocycles. The molecule has 0 aromatic rings. The maximum absolute atomic E-state index is 8.42. The molecule has 22 heteroatoms. The molecule has 0 amide bonds. The van der Waals surface area contributed by atoms with Crippen LogP contribution < -0.4 is 120 Å². The van der Waals surface area contributed by atoms with E-state index in [1.165, 1.54) is 34.5 Å². The Morgan fingerprint density at radius 1 is 0.581 bits per heavy atom. The van der Waals surface area contributed by atoms with Gasteiger partial charge < -0.3 is 63.3 Å². The Labute approximate surface area is 274 Å². The van der Waals surface area contributed by atoms with Gasteiger partial charge in [0.05, 0.1) is 0 Å². The van der Waals surface area contributed by atoms with Crippen LogP contribution in [0.25, 0.3) is 16.6 Å². The standard InChI is InChI=1S/3C3H3Cl2N3.BO3.3Na/c3*4-2-1-3(5)7-8-6-2;2-1(3)4;;;/h3*1H,6H2;;;;/q;;;-3;3*+1. The summed E-state index contributed by atoms with van der Waals surface area (Å²) in [7, 11) is -2.92. The number of nitrogens with two attached hydrogens (primary N) is 3. The van der Waals surface area contributed by atoms with Crippen LogP contribution in [0, 0.1) is 0 Å². The molecule has 0 unspecified atom stereocenters. The molecule has 12 nitrogen and oxygen atoms in total. The van der Waals surface area contributed by atoms with E-state index in [0.717, 1.165) is 0 Å². The number of rotatable bonds is 0. The smallest absolute Gasteiger partial charge is 0.907 e. The van der Waals surface area contributed by atoms with E-state index in [9.17, 15) is 0 Å². The molecule has 0 spiro atoms. The Kier molecular flexibility index (Phi) is 32.9. The van der Waals surface area contributed by atoms with E-state index in [1.54, 1.807) is 0 Å². The second-order valence-electron chi connectivity index (χ2n) is 3.88. The Balaban J connectivity index is -0.000000156. The summed E-state index contributed by atoms with van der Waals surface area (Å²) in [5.41, 5.74) is 14.7. The van der Waals surface area contributed by atoms with Crippen LogP contribution in [0.4, 0.5) is 0 Å². The number of quaternary nitrogens is 3. The molecule has 0 bridgehead atoms. The molecule has 31 heavy (non-hydrogen) atoms. The quantitative estimate of drug-likeness (QED) is 0.145. The molecule has 0 radical (unpaired) electrons. The van der Waals surface area contributed by atoms with Crippen LogP contribution in [0.15, 0.2) is 49.0 Å². The summed E-state index contributed by atoms with van der Waals surface area (Å²) >= 11 is 32.5. The second kappa shape index (κ2) is 25.3. The summed E-state index contributed by atoms with van der Waals surface area (Å²) in [6.45, 7) is 0. The molecule has 0 aromatic heterocycles. The zero-order chi connectivity index (χ0) is 21.5. The molecule has 0 saturated heterocycles. The Morgan fingerprint density at radius 2 is 0.774 bits per heavy atom. The first-order valence-electron chi connectivity index (χ1n) is 6.48. The van der Waals surface area contributed by atoms with Crippen LogP contribution >= 0.6 is 69.6 Å². The van der Waals surface area contributed by atoms with Crippen molar-refractivity contribution in [2.24, 2.45) is 15.3 Å². The van der Waals surface area contributed by atoms with Gasteiger partial charge in [-0.25, -0.2) is 0 Å². The zero-order valence-electron chi connectivity index (χ0n) is 16.2. The van der Waals surface area contributed by atoms with E-state index in [4.69, 9.17) is 84.7 Å². The minimum atomic E-state index is -2.92. The topological polar surface area (TPSA) is 198 Å². The Hall–Kier alpha value is 2.19. The molecule has 6 N–H and O–H groups in total. The largest absolute Gasteiger partial charge is 1.00 e. The summed E-state index contributed by atoms with van der Waals surface area (Å²) in [4.78, 5) is 0. The van der Waals surface area contributed by atoms with Gasteiger partial charge >= 0.3 is 88.7 Å². The average molecular weight is 584 g/mol. The third kappa shape index (κ3) is 28.3. The average Bonchev–Trinajstić information content (AvgIpc) is 2.54. The predicted molar refractivity (Wildman–Crippen MR) is 103 cm³/mol. The third-order valence-electron chi connectivity index (χ3n) is 1.77. The molecule has 3 aliphatic rings. The van der Waals surface area contributed by atoms with Crippen LogP contribution in [-0.4, -0.2) is 22.8 Å². The van der Waals surface area contributed by atoms with Crippen molar-refractivity contribution in [3.8, 4) is 0 Å². The number of hydrogen-bond donors (Lipinski definition) is 3.